The maximum Gasteiger partial charge on any atom is 0.418 e. The summed E-state index contributed by atoms with van der Waals surface area (Å²) in [5.41, 5.74) is -0.302. The smallest absolute Gasteiger partial charge is 0.393 e. The maximum atomic E-state index is 13.6. The monoisotopic (exact) mass is 478 g/mol. The molecule has 1 aliphatic carbocycles. The third-order valence-corrected chi connectivity index (χ3v) is 6.65. The molecule has 3 N–H and O–H groups in total. The Morgan fingerprint density at radius 2 is 1.79 bits per heavy atom. The third kappa shape index (κ3) is 4.93. The Labute approximate surface area is 188 Å². The van der Waals surface area contributed by atoms with Crippen LogP contribution in [0.25, 0.3) is 11.3 Å². The Balaban J connectivity index is 1.70. The van der Waals surface area contributed by atoms with Crippen molar-refractivity contribution in [1.82, 2.24) is 9.97 Å². The van der Waals surface area contributed by atoms with Gasteiger partial charge in [0, 0.05) is 17.8 Å². The van der Waals surface area contributed by atoms with Crippen molar-refractivity contribution in [2.45, 2.75) is 43.1 Å². The molecule has 174 valence electrons. The fraction of sp³-hybridized carbons (Fsp3) is 0.273. The Hall–Kier alpha value is -3.18. The van der Waals surface area contributed by atoms with Crippen LogP contribution in [0.15, 0.2) is 59.8 Å². The third-order valence-electron chi connectivity index (χ3n) is 5.34. The Kier molecular flexibility index (Phi) is 6.02. The second-order valence-corrected chi connectivity index (χ2v) is 9.43. The Morgan fingerprint density at radius 1 is 1.06 bits per heavy atom. The Morgan fingerprint density at radius 3 is 2.45 bits per heavy atom. The van der Waals surface area contributed by atoms with E-state index in [-0.39, 0.29) is 33.8 Å². The van der Waals surface area contributed by atoms with Gasteiger partial charge in [-0.3, -0.25) is 4.72 Å². The summed E-state index contributed by atoms with van der Waals surface area (Å²) in [6.07, 6.45) is -2.86. The predicted molar refractivity (Wildman–Crippen MR) is 117 cm³/mol. The first-order chi connectivity index (χ1) is 15.5. The molecule has 33 heavy (non-hydrogen) atoms. The SMILES string of the molecule is Cc1ccccc1-c1nc(NS(=O)(=O)c2ncccc2NC2CC(O)C2)ccc1C(F)(F)F. The minimum atomic E-state index is -4.67. The van der Waals surface area contributed by atoms with E-state index in [1.165, 1.54) is 18.3 Å². The van der Waals surface area contributed by atoms with E-state index in [1.54, 1.807) is 31.2 Å². The molecule has 7 nitrogen and oxygen atoms in total. The number of aliphatic hydroxyl groups excluding tert-OH is 1. The zero-order chi connectivity index (χ0) is 23.8. The number of anilines is 2. The Bertz CT molecular complexity index is 1280. The van der Waals surface area contributed by atoms with Gasteiger partial charge in [-0.05, 0) is 49.6 Å². The van der Waals surface area contributed by atoms with E-state index in [9.17, 15) is 26.7 Å². The van der Waals surface area contributed by atoms with Gasteiger partial charge < -0.3 is 10.4 Å². The van der Waals surface area contributed by atoms with Crippen molar-refractivity contribution in [1.29, 1.82) is 0 Å². The molecule has 1 saturated carbocycles. The number of hydrogen-bond acceptors (Lipinski definition) is 6. The molecule has 0 saturated heterocycles. The number of halogens is 3. The molecular formula is C22H21F3N4O3S. The summed E-state index contributed by atoms with van der Waals surface area (Å²) in [4.78, 5) is 7.96. The second-order valence-electron chi connectivity index (χ2n) is 7.83. The molecule has 0 amide bonds. The topological polar surface area (TPSA) is 104 Å². The van der Waals surface area contributed by atoms with Crippen LogP contribution in [-0.4, -0.2) is 35.6 Å². The molecule has 0 radical (unpaired) electrons. The van der Waals surface area contributed by atoms with E-state index >= 15 is 0 Å². The number of sulfonamides is 1. The lowest BCUT2D eigenvalue weighted by molar-refractivity contribution is -0.137. The van der Waals surface area contributed by atoms with Crippen molar-refractivity contribution in [2.75, 3.05) is 10.0 Å². The molecule has 4 rings (SSSR count). The fourth-order valence-corrected chi connectivity index (χ4v) is 4.72. The summed E-state index contributed by atoms with van der Waals surface area (Å²) in [5, 5.41) is 12.2. The average molecular weight is 478 g/mol. The normalized spacial score (nSPS) is 18.5. The highest BCUT2D eigenvalue weighted by Gasteiger charge is 2.35. The van der Waals surface area contributed by atoms with Crippen LogP contribution in [0.3, 0.4) is 0 Å². The van der Waals surface area contributed by atoms with Gasteiger partial charge >= 0.3 is 6.18 Å². The molecule has 3 aromatic rings. The lowest BCUT2D eigenvalue weighted by Gasteiger charge is -2.33. The van der Waals surface area contributed by atoms with Gasteiger partial charge in [-0.2, -0.15) is 21.6 Å². The highest BCUT2D eigenvalue weighted by atomic mass is 32.2. The van der Waals surface area contributed by atoms with Gasteiger partial charge in [0.15, 0.2) is 5.03 Å². The number of benzene rings is 1. The standard InChI is InChI=1S/C22H21F3N4O3S/c1-13-5-2-3-6-16(13)20-17(22(23,24)25)8-9-19(28-20)29-33(31,32)21-18(7-4-10-26-21)27-14-11-15(30)12-14/h2-10,14-15,27,30H,11-12H2,1H3,(H,28,29). The van der Waals surface area contributed by atoms with E-state index in [4.69, 9.17) is 0 Å². The predicted octanol–water partition coefficient (Wildman–Crippen LogP) is 4.21. The van der Waals surface area contributed by atoms with Crippen molar-refractivity contribution in [3.8, 4) is 11.3 Å². The minimum Gasteiger partial charge on any atom is -0.393 e. The van der Waals surface area contributed by atoms with Crippen LogP contribution in [0.1, 0.15) is 24.0 Å². The van der Waals surface area contributed by atoms with Gasteiger partial charge in [0.25, 0.3) is 10.0 Å². The maximum absolute atomic E-state index is 13.6. The second kappa shape index (κ2) is 8.64. The molecule has 2 heterocycles. The molecule has 2 aromatic heterocycles. The molecule has 11 heteroatoms. The quantitative estimate of drug-likeness (QED) is 0.491. The number of aryl methyl sites for hydroxylation is 1. The van der Waals surface area contributed by atoms with Crippen LogP contribution in [-0.2, 0) is 16.2 Å². The first-order valence-electron chi connectivity index (χ1n) is 10.1. The molecule has 1 fully saturated rings. The first-order valence-corrected chi connectivity index (χ1v) is 11.6. The number of aromatic nitrogens is 2. The molecular weight excluding hydrogens is 457 g/mol. The minimum absolute atomic E-state index is 0.102. The number of hydrogen-bond donors (Lipinski definition) is 3. The van der Waals surface area contributed by atoms with Crippen molar-refractivity contribution in [3.63, 3.8) is 0 Å². The van der Waals surface area contributed by atoms with Gasteiger partial charge in [-0.1, -0.05) is 24.3 Å². The number of nitrogens with zero attached hydrogens (tertiary/aromatic N) is 2. The van der Waals surface area contributed by atoms with Gasteiger partial charge in [0.05, 0.1) is 23.0 Å². The van der Waals surface area contributed by atoms with E-state index in [0.717, 1.165) is 12.1 Å². The number of pyridine rings is 2. The number of aliphatic hydroxyl groups is 1. The van der Waals surface area contributed by atoms with Crippen LogP contribution in [0, 0.1) is 6.92 Å². The van der Waals surface area contributed by atoms with E-state index in [0.29, 0.717) is 18.4 Å². The van der Waals surface area contributed by atoms with E-state index < -0.39 is 27.9 Å². The molecule has 1 aromatic carbocycles. The van der Waals surface area contributed by atoms with Crippen molar-refractivity contribution in [2.24, 2.45) is 0 Å². The van der Waals surface area contributed by atoms with E-state index in [1.807, 2.05) is 0 Å². The van der Waals surface area contributed by atoms with Crippen LogP contribution >= 0.6 is 0 Å². The number of nitrogens with one attached hydrogen (secondary N) is 2. The molecule has 0 spiro atoms. The average Bonchev–Trinajstić information content (AvgIpc) is 2.72. The van der Waals surface area contributed by atoms with Gasteiger partial charge in [-0.15, -0.1) is 0 Å². The van der Waals surface area contributed by atoms with Crippen LogP contribution in [0.2, 0.25) is 0 Å². The number of alkyl halides is 3. The van der Waals surface area contributed by atoms with Gasteiger partial charge in [0.2, 0.25) is 0 Å². The van der Waals surface area contributed by atoms with Crippen molar-refractivity contribution < 1.29 is 26.7 Å². The first kappa shape index (κ1) is 23.0. The summed E-state index contributed by atoms with van der Waals surface area (Å²) in [6, 6.07) is 11.2. The zero-order valence-electron chi connectivity index (χ0n) is 17.5. The number of rotatable bonds is 6. The van der Waals surface area contributed by atoms with Crippen molar-refractivity contribution in [3.05, 3.63) is 65.9 Å². The van der Waals surface area contributed by atoms with Crippen LogP contribution in [0.5, 0.6) is 0 Å². The molecule has 0 aliphatic heterocycles. The fourth-order valence-electron chi connectivity index (χ4n) is 3.62. The van der Waals surface area contributed by atoms with Gasteiger partial charge in [-0.25, -0.2) is 9.97 Å². The van der Waals surface area contributed by atoms with E-state index in [2.05, 4.69) is 20.0 Å². The molecule has 0 atom stereocenters. The van der Waals surface area contributed by atoms with Gasteiger partial charge in [0.1, 0.15) is 5.82 Å². The summed E-state index contributed by atoms with van der Waals surface area (Å²) < 4.78 is 69.2. The van der Waals surface area contributed by atoms with Crippen LogP contribution in [0.4, 0.5) is 24.7 Å². The summed E-state index contributed by atoms with van der Waals surface area (Å²) in [6.45, 7) is 1.65. The highest BCUT2D eigenvalue weighted by Crippen LogP contribution is 2.38. The zero-order valence-corrected chi connectivity index (χ0v) is 18.3. The summed E-state index contributed by atoms with van der Waals surface area (Å²) in [7, 11) is -4.27. The van der Waals surface area contributed by atoms with Crippen molar-refractivity contribution >= 4 is 21.5 Å². The molecule has 0 unspecified atom stereocenters. The largest absolute Gasteiger partial charge is 0.418 e. The molecule has 0 bridgehead atoms. The molecule has 1 aliphatic rings. The lowest BCUT2D eigenvalue weighted by atomic mass is 9.89. The summed E-state index contributed by atoms with van der Waals surface area (Å²) >= 11 is 0. The highest BCUT2D eigenvalue weighted by molar-refractivity contribution is 7.92. The van der Waals surface area contributed by atoms with Crippen LogP contribution < -0.4 is 10.0 Å². The summed E-state index contributed by atoms with van der Waals surface area (Å²) in [5.74, 6) is -0.267. The lowest BCUT2D eigenvalue weighted by Crippen LogP contribution is -2.39.